The molecule has 1 aromatic carbocycles. The third kappa shape index (κ3) is 2.25. The molecule has 0 aromatic heterocycles. The molecule has 98 valence electrons. The summed E-state index contributed by atoms with van der Waals surface area (Å²) in [7, 11) is 0. The lowest BCUT2D eigenvalue weighted by atomic mass is 9.95. The van der Waals surface area contributed by atoms with Gasteiger partial charge in [0.25, 0.3) is 0 Å². The number of aliphatic hydroxyl groups is 2. The summed E-state index contributed by atoms with van der Waals surface area (Å²) in [4.78, 5) is 0. The normalized spacial score (nSPS) is 31.1. The molecule has 0 radical (unpaired) electrons. The van der Waals surface area contributed by atoms with Gasteiger partial charge in [-0.2, -0.15) is 0 Å². The Balaban J connectivity index is 1.73. The zero-order valence-corrected chi connectivity index (χ0v) is 10.5. The minimum atomic E-state index is -0.336. The molecule has 18 heavy (non-hydrogen) atoms. The van der Waals surface area contributed by atoms with Gasteiger partial charge in [-0.05, 0) is 55.4 Å². The predicted octanol–water partition coefficient (Wildman–Crippen LogP) is 2.35. The van der Waals surface area contributed by atoms with Crippen LogP contribution in [0.25, 0.3) is 0 Å². The Morgan fingerprint density at radius 3 is 2.72 bits per heavy atom. The van der Waals surface area contributed by atoms with E-state index in [1.807, 2.05) is 18.2 Å². The summed E-state index contributed by atoms with van der Waals surface area (Å²) in [6.45, 7) is 0. The van der Waals surface area contributed by atoms with E-state index in [0.29, 0.717) is 0 Å². The molecule has 0 saturated heterocycles. The third-order valence-electron chi connectivity index (χ3n) is 4.12. The number of ether oxygens (including phenoxy) is 1. The fraction of sp³-hybridized carbons (Fsp3) is 0.600. The molecule has 2 unspecified atom stereocenters. The second kappa shape index (κ2) is 4.90. The highest BCUT2D eigenvalue weighted by Gasteiger charge is 2.26. The molecule has 2 N–H and O–H groups in total. The minimum Gasteiger partial charge on any atom is -0.488 e. The van der Waals surface area contributed by atoms with Gasteiger partial charge in [0.1, 0.15) is 11.9 Å². The Morgan fingerprint density at radius 2 is 1.89 bits per heavy atom. The maximum absolute atomic E-state index is 9.90. The maximum atomic E-state index is 9.90. The predicted molar refractivity (Wildman–Crippen MR) is 68.6 cm³/mol. The zero-order valence-electron chi connectivity index (χ0n) is 10.5. The molecule has 0 spiro atoms. The average molecular weight is 248 g/mol. The van der Waals surface area contributed by atoms with Crippen molar-refractivity contribution in [2.24, 2.45) is 0 Å². The van der Waals surface area contributed by atoms with Crippen molar-refractivity contribution in [3.05, 3.63) is 29.3 Å². The molecule has 3 heteroatoms. The van der Waals surface area contributed by atoms with Crippen LogP contribution in [0.3, 0.4) is 0 Å². The van der Waals surface area contributed by atoms with E-state index in [2.05, 4.69) is 0 Å². The van der Waals surface area contributed by atoms with Crippen LogP contribution in [-0.4, -0.2) is 22.4 Å². The van der Waals surface area contributed by atoms with Crippen molar-refractivity contribution < 1.29 is 14.9 Å². The van der Waals surface area contributed by atoms with Crippen LogP contribution in [-0.2, 0) is 6.42 Å². The lowest BCUT2D eigenvalue weighted by Crippen LogP contribution is -2.34. The van der Waals surface area contributed by atoms with Crippen molar-refractivity contribution >= 4 is 0 Å². The van der Waals surface area contributed by atoms with Gasteiger partial charge in [0, 0.05) is 0 Å². The van der Waals surface area contributed by atoms with Crippen LogP contribution < -0.4 is 4.74 Å². The number of aryl methyl sites for hydroxylation is 1. The molecule has 1 fully saturated rings. The van der Waals surface area contributed by atoms with Gasteiger partial charge < -0.3 is 14.9 Å². The summed E-state index contributed by atoms with van der Waals surface area (Å²) in [5, 5.41) is 19.7. The van der Waals surface area contributed by atoms with Gasteiger partial charge in [-0.15, -0.1) is 0 Å². The highest BCUT2D eigenvalue weighted by molar-refractivity contribution is 5.40. The molecule has 0 heterocycles. The van der Waals surface area contributed by atoms with Gasteiger partial charge in [-0.1, -0.05) is 12.5 Å². The van der Waals surface area contributed by atoms with Gasteiger partial charge in [-0.25, -0.2) is 0 Å². The quantitative estimate of drug-likeness (QED) is 0.844. The first-order valence-electron chi connectivity index (χ1n) is 6.89. The van der Waals surface area contributed by atoms with Gasteiger partial charge in [-0.3, -0.25) is 0 Å². The van der Waals surface area contributed by atoms with Crippen molar-refractivity contribution in [1.29, 1.82) is 0 Å². The molecule has 3 rings (SSSR count). The van der Waals surface area contributed by atoms with Crippen LogP contribution in [0, 0.1) is 0 Å². The molecule has 1 saturated carbocycles. The van der Waals surface area contributed by atoms with E-state index in [4.69, 9.17) is 4.74 Å². The van der Waals surface area contributed by atoms with Gasteiger partial charge in [0.05, 0.1) is 12.2 Å². The first kappa shape index (κ1) is 12.0. The Hall–Kier alpha value is -1.06. The van der Waals surface area contributed by atoms with Crippen LogP contribution in [0.1, 0.15) is 49.3 Å². The van der Waals surface area contributed by atoms with Crippen LogP contribution >= 0.6 is 0 Å². The van der Waals surface area contributed by atoms with Crippen molar-refractivity contribution in [1.82, 2.24) is 0 Å². The van der Waals surface area contributed by atoms with Crippen molar-refractivity contribution in [2.45, 2.75) is 56.8 Å². The first-order valence-corrected chi connectivity index (χ1v) is 6.89. The average Bonchev–Trinajstić information content (AvgIpc) is 2.74. The summed E-state index contributed by atoms with van der Waals surface area (Å²) in [6.07, 6.45) is 5.01. The molecule has 3 nitrogen and oxygen atoms in total. The second-order valence-electron chi connectivity index (χ2n) is 5.42. The van der Waals surface area contributed by atoms with E-state index in [1.165, 1.54) is 5.56 Å². The van der Waals surface area contributed by atoms with E-state index < -0.39 is 0 Å². The molecular formula is C15H20O3. The first-order chi connectivity index (χ1) is 8.74. The van der Waals surface area contributed by atoms with Crippen molar-refractivity contribution in [3.8, 4) is 5.75 Å². The smallest absolute Gasteiger partial charge is 0.124 e. The fourth-order valence-electron chi connectivity index (χ4n) is 3.03. The van der Waals surface area contributed by atoms with Crippen LogP contribution in [0.2, 0.25) is 0 Å². The van der Waals surface area contributed by atoms with Crippen LogP contribution in [0.5, 0.6) is 5.75 Å². The number of hydrogen-bond acceptors (Lipinski definition) is 3. The highest BCUT2D eigenvalue weighted by Crippen LogP contribution is 2.34. The number of benzene rings is 1. The number of hydrogen-bond donors (Lipinski definition) is 2. The molecule has 0 amide bonds. The fourth-order valence-corrected chi connectivity index (χ4v) is 3.03. The van der Waals surface area contributed by atoms with Crippen molar-refractivity contribution in [2.75, 3.05) is 0 Å². The molecule has 2 aliphatic carbocycles. The van der Waals surface area contributed by atoms with E-state index in [1.54, 1.807) is 0 Å². The molecule has 1 aromatic rings. The molecule has 3 atom stereocenters. The van der Waals surface area contributed by atoms with Crippen molar-refractivity contribution in [3.63, 3.8) is 0 Å². The molecular weight excluding hydrogens is 228 g/mol. The number of aliphatic hydroxyl groups excluding tert-OH is 2. The van der Waals surface area contributed by atoms with E-state index >= 15 is 0 Å². The second-order valence-corrected chi connectivity index (χ2v) is 5.42. The van der Waals surface area contributed by atoms with Gasteiger partial charge in [0.15, 0.2) is 0 Å². The van der Waals surface area contributed by atoms with Gasteiger partial charge in [0.2, 0.25) is 0 Å². The van der Waals surface area contributed by atoms with Gasteiger partial charge >= 0.3 is 0 Å². The van der Waals surface area contributed by atoms with E-state index in [-0.39, 0.29) is 18.3 Å². The van der Waals surface area contributed by atoms with E-state index in [9.17, 15) is 10.2 Å². The standard InChI is InChI=1S/C15H20O3/c16-13-8-5-10-9-11(6-7-12(10)13)18-15-4-2-1-3-14(15)17/h6-7,9,13-17H,1-5,8H2/t13-,14?,15?/m1/s1. The Kier molecular flexibility index (Phi) is 3.27. The topological polar surface area (TPSA) is 49.7 Å². The Labute approximate surface area is 107 Å². The van der Waals surface area contributed by atoms with Crippen LogP contribution in [0.4, 0.5) is 0 Å². The summed E-state index contributed by atoms with van der Waals surface area (Å²) in [6, 6.07) is 5.89. The maximum Gasteiger partial charge on any atom is 0.124 e. The third-order valence-corrected chi connectivity index (χ3v) is 4.12. The monoisotopic (exact) mass is 248 g/mol. The lowest BCUT2D eigenvalue weighted by molar-refractivity contribution is 0.00683. The lowest BCUT2D eigenvalue weighted by Gasteiger charge is -2.28. The molecule has 0 aliphatic heterocycles. The highest BCUT2D eigenvalue weighted by atomic mass is 16.5. The number of rotatable bonds is 2. The zero-order chi connectivity index (χ0) is 12.5. The largest absolute Gasteiger partial charge is 0.488 e. The molecule has 2 aliphatic rings. The number of fused-ring (bicyclic) bond motifs is 1. The minimum absolute atomic E-state index is 0.0665. The summed E-state index contributed by atoms with van der Waals surface area (Å²) >= 11 is 0. The van der Waals surface area contributed by atoms with Crippen LogP contribution in [0.15, 0.2) is 18.2 Å². The Bertz CT molecular complexity index is 430. The van der Waals surface area contributed by atoms with E-state index in [0.717, 1.165) is 49.8 Å². The SMILES string of the molecule is OC1CCCCC1Oc1ccc2c(c1)CC[C@H]2O. The summed E-state index contributed by atoms with van der Waals surface area (Å²) in [5.41, 5.74) is 2.22. The Morgan fingerprint density at radius 1 is 1.06 bits per heavy atom. The summed E-state index contributed by atoms with van der Waals surface area (Å²) in [5.74, 6) is 0.828. The molecule has 0 bridgehead atoms. The summed E-state index contributed by atoms with van der Waals surface area (Å²) < 4.78 is 5.90.